The SMILES string of the molecule is COc1nn2cc(-c3nc4cc(Cl)ccc4o3)nc2s1. The molecule has 0 fully saturated rings. The Bertz CT molecular complexity index is 895. The van der Waals surface area contributed by atoms with Crippen molar-refractivity contribution in [1.29, 1.82) is 0 Å². The van der Waals surface area contributed by atoms with Gasteiger partial charge in [-0.1, -0.05) is 11.6 Å². The van der Waals surface area contributed by atoms with E-state index in [1.54, 1.807) is 36.0 Å². The molecule has 0 unspecified atom stereocenters. The number of fused-ring (bicyclic) bond motifs is 2. The van der Waals surface area contributed by atoms with Gasteiger partial charge >= 0.3 is 0 Å². The Hall–Kier alpha value is -2.12. The number of halogens is 1. The fourth-order valence-corrected chi connectivity index (χ4v) is 2.74. The Balaban J connectivity index is 1.84. The molecule has 0 aliphatic rings. The highest BCUT2D eigenvalue weighted by atomic mass is 35.5. The summed E-state index contributed by atoms with van der Waals surface area (Å²) < 4.78 is 12.4. The van der Waals surface area contributed by atoms with E-state index in [1.807, 2.05) is 0 Å². The van der Waals surface area contributed by atoms with Crippen molar-refractivity contribution in [3.05, 3.63) is 29.4 Å². The third-order valence-electron chi connectivity index (χ3n) is 2.77. The van der Waals surface area contributed by atoms with Gasteiger partial charge in [0, 0.05) is 5.02 Å². The molecule has 8 heteroatoms. The normalized spacial score (nSPS) is 11.5. The van der Waals surface area contributed by atoms with Crippen LogP contribution < -0.4 is 4.74 Å². The predicted molar refractivity (Wildman–Crippen MR) is 75.4 cm³/mol. The third kappa shape index (κ3) is 1.75. The van der Waals surface area contributed by atoms with Crippen LogP contribution in [-0.2, 0) is 0 Å². The molecule has 6 nitrogen and oxygen atoms in total. The smallest absolute Gasteiger partial charge is 0.294 e. The average Bonchev–Trinajstić information content (AvgIpc) is 3.08. The summed E-state index contributed by atoms with van der Waals surface area (Å²) in [6.07, 6.45) is 1.75. The van der Waals surface area contributed by atoms with E-state index in [-0.39, 0.29) is 0 Å². The fourth-order valence-electron chi connectivity index (χ4n) is 1.88. The summed E-state index contributed by atoms with van der Waals surface area (Å²) in [5.41, 5.74) is 2.00. The summed E-state index contributed by atoms with van der Waals surface area (Å²) in [6.45, 7) is 0. The summed E-state index contributed by atoms with van der Waals surface area (Å²) in [5, 5.41) is 5.38. The highest BCUT2D eigenvalue weighted by molar-refractivity contribution is 7.18. The van der Waals surface area contributed by atoms with Crippen molar-refractivity contribution >= 4 is 39.0 Å². The van der Waals surface area contributed by atoms with Crippen LogP contribution in [0.1, 0.15) is 0 Å². The summed E-state index contributed by atoms with van der Waals surface area (Å²) in [4.78, 5) is 9.52. The van der Waals surface area contributed by atoms with Crippen LogP contribution in [0.5, 0.6) is 5.19 Å². The van der Waals surface area contributed by atoms with Crippen LogP contribution in [0.25, 0.3) is 27.6 Å². The lowest BCUT2D eigenvalue weighted by molar-refractivity contribution is 0.405. The summed E-state index contributed by atoms with van der Waals surface area (Å²) in [7, 11) is 1.57. The molecular weight excluding hydrogens is 300 g/mol. The van der Waals surface area contributed by atoms with Crippen molar-refractivity contribution in [3.63, 3.8) is 0 Å². The van der Waals surface area contributed by atoms with Crippen LogP contribution in [-0.4, -0.2) is 26.7 Å². The van der Waals surface area contributed by atoms with Crippen LogP contribution in [0.4, 0.5) is 0 Å². The summed E-state index contributed by atoms with van der Waals surface area (Å²) in [5.74, 6) is 0.443. The minimum Gasteiger partial charge on any atom is -0.472 e. The van der Waals surface area contributed by atoms with Crippen LogP contribution in [0.2, 0.25) is 5.02 Å². The highest BCUT2D eigenvalue weighted by Gasteiger charge is 2.15. The second-order valence-corrected chi connectivity index (χ2v) is 5.41. The van der Waals surface area contributed by atoms with Crippen molar-refractivity contribution in [1.82, 2.24) is 19.6 Å². The number of nitrogens with zero attached hydrogens (tertiary/aromatic N) is 4. The molecule has 3 aromatic heterocycles. The molecule has 0 atom stereocenters. The molecule has 100 valence electrons. The summed E-state index contributed by atoms with van der Waals surface area (Å²) >= 11 is 7.28. The van der Waals surface area contributed by atoms with E-state index in [1.165, 1.54) is 11.3 Å². The molecule has 3 heterocycles. The van der Waals surface area contributed by atoms with Crippen molar-refractivity contribution in [2.45, 2.75) is 0 Å². The second-order valence-electron chi connectivity index (χ2n) is 4.06. The molecular formula is C12H7ClN4O2S. The zero-order valence-corrected chi connectivity index (χ0v) is 11.8. The number of aromatic nitrogens is 4. The van der Waals surface area contributed by atoms with Gasteiger partial charge in [0.15, 0.2) is 5.58 Å². The first kappa shape index (κ1) is 11.7. The second kappa shape index (κ2) is 4.19. The van der Waals surface area contributed by atoms with E-state index < -0.39 is 0 Å². The molecule has 0 amide bonds. The van der Waals surface area contributed by atoms with Crippen molar-refractivity contribution in [2.24, 2.45) is 0 Å². The molecule has 20 heavy (non-hydrogen) atoms. The Labute approximate surface area is 121 Å². The van der Waals surface area contributed by atoms with Crippen LogP contribution in [0, 0.1) is 0 Å². The lowest BCUT2D eigenvalue weighted by atomic mass is 10.3. The zero-order valence-electron chi connectivity index (χ0n) is 10.2. The fraction of sp³-hybridized carbons (Fsp3) is 0.0833. The minimum absolute atomic E-state index is 0.443. The first-order valence-corrected chi connectivity index (χ1v) is 6.89. The van der Waals surface area contributed by atoms with Gasteiger partial charge in [0.05, 0.1) is 13.3 Å². The quantitative estimate of drug-likeness (QED) is 0.568. The first-order chi connectivity index (χ1) is 9.72. The third-order valence-corrected chi connectivity index (χ3v) is 3.89. The van der Waals surface area contributed by atoms with E-state index in [4.69, 9.17) is 20.8 Å². The van der Waals surface area contributed by atoms with Crippen molar-refractivity contribution in [2.75, 3.05) is 7.11 Å². The van der Waals surface area contributed by atoms with E-state index >= 15 is 0 Å². The topological polar surface area (TPSA) is 65.5 Å². The number of methoxy groups -OCH3 is 1. The van der Waals surface area contributed by atoms with Gasteiger partial charge in [0.1, 0.15) is 11.2 Å². The number of imidazole rings is 1. The molecule has 0 aliphatic carbocycles. The maximum Gasteiger partial charge on any atom is 0.294 e. The molecule has 4 rings (SSSR count). The van der Waals surface area contributed by atoms with Crippen LogP contribution >= 0.6 is 22.9 Å². The molecule has 0 radical (unpaired) electrons. The predicted octanol–water partition coefficient (Wildman–Crippen LogP) is 3.26. The lowest BCUT2D eigenvalue weighted by Gasteiger charge is -1.87. The first-order valence-electron chi connectivity index (χ1n) is 5.69. The number of rotatable bonds is 2. The van der Waals surface area contributed by atoms with Gasteiger partial charge in [-0.2, -0.15) is 0 Å². The van der Waals surface area contributed by atoms with Crippen LogP contribution in [0.15, 0.2) is 28.8 Å². The Kier molecular flexibility index (Phi) is 2.45. The van der Waals surface area contributed by atoms with Gasteiger partial charge in [-0.05, 0) is 29.5 Å². The lowest BCUT2D eigenvalue weighted by Crippen LogP contribution is -1.84. The van der Waals surface area contributed by atoms with Gasteiger partial charge in [-0.25, -0.2) is 14.5 Å². The van der Waals surface area contributed by atoms with E-state index in [0.29, 0.717) is 32.9 Å². The Morgan fingerprint density at radius 2 is 2.25 bits per heavy atom. The Morgan fingerprint density at radius 1 is 1.35 bits per heavy atom. The van der Waals surface area contributed by atoms with Crippen molar-refractivity contribution < 1.29 is 9.15 Å². The molecule has 0 spiro atoms. The van der Waals surface area contributed by atoms with E-state index in [2.05, 4.69) is 15.1 Å². The van der Waals surface area contributed by atoms with Gasteiger partial charge in [0.25, 0.3) is 5.19 Å². The molecule has 0 N–H and O–H groups in total. The zero-order chi connectivity index (χ0) is 13.7. The standard InChI is InChI=1S/C12H7ClN4O2S/c1-18-12-16-17-5-8(15-11(17)20-12)10-14-7-4-6(13)2-3-9(7)19-10/h2-5H,1H3. The molecule has 0 saturated carbocycles. The molecule has 0 bridgehead atoms. The molecule has 4 aromatic rings. The maximum absolute atomic E-state index is 5.93. The van der Waals surface area contributed by atoms with Gasteiger partial charge in [0.2, 0.25) is 10.9 Å². The number of benzene rings is 1. The van der Waals surface area contributed by atoms with Gasteiger partial charge in [-0.3, -0.25) is 0 Å². The largest absolute Gasteiger partial charge is 0.472 e. The Morgan fingerprint density at radius 3 is 3.05 bits per heavy atom. The van der Waals surface area contributed by atoms with E-state index in [0.717, 1.165) is 4.96 Å². The van der Waals surface area contributed by atoms with E-state index in [9.17, 15) is 0 Å². The average molecular weight is 307 g/mol. The van der Waals surface area contributed by atoms with Gasteiger partial charge < -0.3 is 9.15 Å². The maximum atomic E-state index is 5.93. The number of hydrogen-bond donors (Lipinski definition) is 0. The summed E-state index contributed by atoms with van der Waals surface area (Å²) in [6, 6.07) is 5.30. The number of oxazole rings is 1. The highest BCUT2D eigenvalue weighted by Crippen LogP contribution is 2.28. The molecule has 0 aliphatic heterocycles. The van der Waals surface area contributed by atoms with Crippen LogP contribution in [0.3, 0.4) is 0 Å². The molecule has 0 saturated heterocycles. The van der Waals surface area contributed by atoms with Crippen molar-refractivity contribution in [3.8, 4) is 16.8 Å². The minimum atomic E-state index is 0.443. The number of ether oxygens (including phenoxy) is 1. The van der Waals surface area contributed by atoms with Gasteiger partial charge in [-0.15, -0.1) is 5.10 Å². The molecule has 1 aromatic carbocycles. The monoisotopic (exact) mass is 306 g/mol. The number of hydrogen-bond acceptors (Lipinski definition) is 6.